The molecule has 1 aliphatic rings. The van der Waals surface area contributed by atoms with Gasteiger partial charge in [0.25, 0.3) is 0 Å². The van der Waals surface area contributed by atoms with Gasteiger partial charge in [0.1, 0.15) is 0 Å². The summed E-state index contributed by atoms with van der Waals surface area (Å²) in [7, 11) is 3.29. The Hall–Kier alpha value is -2.67. The van der Waals surface area contributed by atoms with Gasteiger partial charge in [0.05, 0.1) is 32.3 Å². The molecule has 0 amide bonds. The predicted octanol–water partition coefficient (Wildman–Crippen LogP) is 3.14. The van der Waals surface area contributed by atoms with Crippen LogP contribution in [0.1, 0.15) is 47.4 Å². The van der Waals surface area contributed by atoms with Gasteiger partial charge in [0.15, 0.2) is 17.2 Å². The zero-order valence-corrected chi connectivity index (χ0v) is 15.7. The summed E-state index contributed by atoms with van der Waals surface area (Å²) in [6.07, 6.45) is 7.60. The van der Waals surface area contributed by atoms with Crippen molar-refractivity contribution >= 4 is 5.97 Å². The lowest BCUT2D eigenvalue weighted by Gasteiger charge is -2.29. The molecule has 1 heterocycles. The van der Waals surface area contributed by atoms with Crippen molar-refractivity contribution in [1.29, 1.82) is 0 Å². The molecule has 144 valence electrons. The zero-order chi connectivity index (χ0) is 19.2. The number of ether oxygens (including phenoxy) is 2. The molecule has 1 aliphatic carbocycles. The summed E-state index contributed by atoms with van der Waals surface area (Å²) in [4.78, 5) is 21.6. The topological polar surface area (TPSA) is 84.8 Å². The first-order chi connectivity index (χ1) is 13.1. The Balaban J connectivity index is 1.83. The van der Waals surface area contributed by atoms with Gasteiger partial charge in [0.2, 0.25) is 0 Å². The third-order valence-corrected chi connectivity index (χ3v) is 4.99. The van der Waals surface area contributed by atoms with E-state index >= 15 is 0 Å². The molecule has 0 saturated heterocycles. The molecule has 0 atom stereocenters. The smallest absolute Gasteiger partial charge is 0.356 e. The number of para-hydroxylation sites is 1. The monoisotopic (exact) mass is 371 g/mol. The largest absolute Gasteiger partial charge is 0.493 e. The van der Waals surface area contributed by atoms with E-state index in [-0.39, 0.29) is 5.69 Å². The van der Waals surface area contributed by atoms with Crippen LogP contribution in [0.3, 0.4) is 0 Å². The standard InChI is InChI=1S/C20H25N3O4/c1-26-18-9-5-6-14(19(18)27-2)12-23(16-7-3-4-8-16)13-15-10-22-17(11-21-15)20(24)25/h5-6,9-11,16H,3-4,7-8,12-13H2,1-2H3,(H,24,25). The Kier molecular flexibility index (Phi) is 6.24. The molecule has 1 fully saturated rings. The first kappa shape index (κ1) is 19.1. The summed E-state index contributed by atoms with van der Waals surface area (Å²) < 4.78 is 11.0. The third-order valence-electron chi connectivity index (χ3n) is 4.99. The first-order valence-corrected chi connectivity index (χ1v) is 9.10. The Labute approximate surface area is 159 Å². The summed E-state index contributed by atoms with van der Waals surface area (Å²) in [5, 5.41) is 8.99. The van der Waals surface area contributed by atoms with Gasteiger partial charge in [-0.2, -0.15) is 0 Å². The average molecular weight is 371 g/mol. The Morgan fingerprint density at radius 3 is 2.52 bits per heavy atom. The number of benzene rings is 1. The molecule has 0 spiro atoms. The van der Waals surface area contributed by atoms with Gasteiger partial charge < -0.3 is 14.6 Å². The van der Waals surface area contributed by atoms with Gasteiger partial charge in [-0.25, -0.2) is 9.78 Å². The van der Waals surface area contributed by atoms with E-state index in [1.165, 1.54) is 19.0 Å². The molecule has 1 saturated carbocycles. The van der Waals surface area contributed by atoms with Crippen LogP contribution in [-0.2, 0) is 13.1 Å². The summed E-state index contributed by atoms with van der Waals surface area (Å²) in [6.45, 7) is 1.31. The van der Waals surface area contributed by atoms with Crippen LogP contribution in [0, 0.1) is 0 Å². The molecule has 1 N–H and O–H groups in total. The number of rotatable bonds is 8. The Morgan fingerprint density at radius 1 is 1.15 bits per heavy atom. The van der Waals surface area contributed by atoms with E-state index in [0.717, 1.165) is 29.8 Å². The van der Waals surface area contributed by atoms with Crippen molar-refractivity contribution in [2.45, 2.75) is 44.8 Å². The Bertz CT molecular complexity index is 773. The van der Waals surface area contributed by atoms with Gasteiger partial charge in [-0.3, -0.25) is 9.88 Å². The minimum Gasteiger partial charge on any atom is -0.493 e. The molecule has 1 aromatic heterocycles. The molecule has 27 heavy (non-hydrogen) atoms. The lowest BCUT2D eigenvalue weighted by atomic mass is 10.1. The van der Waals surface area contributed by atoms with Crippen LogP contribution in [0.25, 0.3) is 0 Å². The highest BCUT2D eigenvalue weighted by atomic mass is 16.5. The van der Waals surface area contributed by atoms with Crippen LogP contribution >= 0.6 is 0 Å². The minimum absolute atomic E-state index is 0.0411. The number of hydrogen-bond acceptors (Lipinski definition) is 6. The fraction of sp³-hybridized carbons (Fsp3) is 0.450. The van der Waals surface area contributed by atoms with E-state index < -0.39 is 5.97 Å². The van der Waals surface area contributed by atoms with Crippen molar-refractivity contribution < 1.29 is 19.4 Å². The molecular weight excluding hydrogens is 346 g/mol. The second-order valence-electron chi connectivity index (χ2n) is 6.69. The number of aromatic carboxylic acids is 1. The predicted molar refractivity (Wildman–Crippen MR) is 100 cm³/mol. The minimum atomic E-state index is -1.07. The SMILES string of the molecule is COc1cccc(CN(Cc2cnc(C(=O)O)cn2)C2CCCC2)c1OC. The van der Waals surface area contributed by atoms with Crippen LogP contribution in [0.15, 0.2) is 30.6 Å². The maximum atomic E-state index is 11.0. The molecule has 0 unspecified atom stereocenters. The summed E-state index contributed by atoms with van der Waals surface area (Å²) in [6, 6.07) is 6.35. The van der Waals surface area contributed by atoms with Crippen molar-refractivity contribution in [2.75, 3.05) is 14.2 Å². The maximum Gasteiger partial charge on any atom is 0.356 e. The molecule has 7 nitrogen and oxygen atoms in total. The highest BCUT2D eigenvalue weighted by Gasteiger charge is 2.25. The molecule has 1 aromatic carbocycles. The van der Waals surface area contributed by atoms with Gasteiger partial charge in [-0.05, 0) is 18.9 Å². The summed E-state index contributed by atoms with van der Waals surface area (Å²) in [5.41, 5.74) is 1.77. The number of nitrogens with zero attached hydrogens (tertiary/aromatic N) is 3. The van der Waals surface area contributed by atoms with E-state index in [1.807, 2.05) is 18.2 Å². The average Bonchev–Trinajstić information content (AvgIpc) is 3.22. The number of hydrogen-bond donors (Lipinski definition) is 1. The molecule has 7 heteroatoms. The van der Waals surface area contributed by atoms with Crippen molar-refractivity contribution in [2.24, 2.45) is 0 Å². The third kappa shape index (κ3) is 4.54. The molecule has 0 bridgehead atoms. The fourth-order valence-corrected chi connectivity index (χ4v) is 3.64. The molecule has 3 rings (SSSR count). The van der Waals surface area contributed by atoms with E-state index in [9.17, 15) is 4.79 Å². The van der Waals surface area contributed by atoms with Gasteiger partial charge >= 0.3 is 5.97 Å². The molecule has 0 radical (unpaired) electrons. The lowest BCUT2D eigenvalue weighted by molar-refractivity contribution is 0.0689. The number of carboxylic acids is 1. The van der Waals surface area contributed by atoms with E-state index in [1.54, 1.807) is 20.4 Å². The van der Waals surface area contributed by atoms with Crippen LogP contribution < -0.4 is 9.47 Å². The fourth-order valence-electron chi connectivity index (χ4n) is 3.64. The van der Waals surface area contributed by atoms with Crippen LogP contribution in [-0.4, -0.2) is 46.2 Å². The van der Waals surface area contributed by atoms with Gasteiger partial charge in [-0.1, -0.05) is 25.0 Å². The van der Waals surface area contributed by atoms with Crippen molar-refractivity contribution in [1.82, 2.24) is 14.9 Å². The maximum absolute atomic E-state index is 11.0. The van der Waals surface area contributed by atoms with Crippen LogP contribution in [0.2, 0.25) is 0 Å². The second-order valence-corrected chi connectivity index (χ2v) is 6.69. The number of aromatic nitrogens is 2. The van der Waals surface area contributed by atoms with Crippen LogP contribution in [0.4, 0.5) is 0 Å². The highest BCUT2D eigenvalue weighted by Crippen LogP contribution is 2.33. The van der Waals surface area contributed by atoms with Crippen LogP contribution in [0.5, 0.6) is 11.5 Å². The van der Waals surface area contributed by atoms with Crippen molar-refractivity contribution in [3.8, 4) is 11.5 Å². The van der Waals surface area contributed by atoms with Gasteiger partial charge in [-0.15, -0.1) is 0 Å². The van der Waals surface area contributed by atoms with Crippen molar-refractivity contribution in [3.05, 3.63) is 47.5 Å². The van der Waals surface area contributed by atoms with Crippen molar-refractivity contribution in [3.63, 3.8) is 0 Å². The second kappa shape index (κ2) is 8.81. The molecular formula is C20H25N3O4. The van der Waals surface area contributed by atoms with E-state index in [4.69, 9.17) is 14.6 Å². The highest BCUT2D eigenvalue weighted by molar-refractivity contribution is 5.84. The lowest BCUT2D eigenvalue weighted by Crippen LogP contribution is -2.32. The van der Waals surface area contributed by atoms with E-state index in [0.29, 0.717) is 24.9 Å². The van der Waals surface area contributed by atoms with E-state index in [2.05, 4.69) is 14.9 Å². The number of carboxylic acid groups (broad SMARTS) is 1. The Morgan fingerprint density at radius 2 is 1.93 bits per heavy atom. The normalized spacial score (nSPS) is 14.5. The summed E-state index contributed by atoms with van der Waals surface area (Å²) >= 11 is 0. The number of methoxy groups -OCH3 is 2. The first-order valence-electron chi connectivity index (χ1n) is 9.10. The van der Waals surface area contributed by atoms with Gasteiger partial charge in [0, 0.05) is 24.7 Å². The molecule has 2 aromatic rings. The quantitative estimate of drug-likeness (QED) is 0.763. The zero-order valence-electron chi connectivity index (χ0n) is 15.7. The summed E-state index contributed by atoms with van der Waals surface area (Å²) in [5.74, 6) is 0.394. The molecule has 0 aliphatic heterocycles. The number of carbonyl (C=O) groups is 1.